The SMILES string of the molecule is C[C@H](N)c1cccnc1Oc1cccc(S(C)(=O)=O)c1. The van der Waals surface area contributed by atoms with Crippen LogP contribution < -0.4 is 10.5 Å². The van der Waals surface area contributed by atoms with Gasteiger partial charge in [0, 0.05) is 24.1 Å². The normalized spacial score (nSPS) is 12.9. The minimum absolute atomic E-state index is 0.202. The Morgan fingerprint density at radius 1 is 1.25 bits per heavy atom. The third-order valence-corrected chi connectivity index (χ3v) is 3.85. The zero-order valence-corrected chi connectivity index (χ0v) is 12.1. The van der Waals surface area contributed by atoms with Crippen LogP contribution in [0.5, 0.6) is 11.6 Å². The number of hydrogen-bond donors (Lipinski definition) is 1. The van der Waals surface area contributed by atoms with E-state index in [1.165, 1.54) is 12.1 Å². The number of nitrogens with zero attached hydrogens (tertiary/aromatic N) is 1. The summed E-state index contributed by atoms with van der Waals surface area (Å²) >= 11 is 0. The maximum absolute atomic E-state index is 11.5. The summed E-state index contributed by atoms with van der Waals surface area (Å²) in [4.78, 5) is 4.34. The van der Waals surface area contributed by atoms with Gasteiger partial charge in [0.25, 0.3) is 0 Å². The molecular formula is C14H16N2O3S. The molecule has 0 bridgehead atoms. The molecular weight excluding hydrogens is 276 g/mol. The summed E-state index contributed by atoms with van der Waals surface area (Å²) in [6, 6.07) is 9.67. The molecule has 0 saturated carbocycles. The van der Waals surface area contributed by atoms with E-state index in [1.807, 2.05) is 13.0 Å². The van der Waals surface area contributed by atoms with Crippen LogP contribution in [0.3, 0.4) is 0 Å². The summed E-state index contributed by atoms with van der Waals surface area (Å²) < 4.78 is 28.7. The van der Waals surface area contributed by atoms with Crippen molar-refractivity contribution in [1.82, 2.24) is 4.98 Å². The topological polar surface area (TPSA) is 82.3 Å². The summed E-state index contributed by atoms with van der Waals surface area (Å²) in [5.74, 6) is 0.793. The van der Waals surface area contributed by atoms with Crippen molar-refractivity contribution in [3.63, 3.8) is 0 Å². The van der Waals surface area contributed by atoms with Crippen molar-refractivity contribution in [3.8, 4) is 11.6 Å². The molecule has 106 valence electrons. The van der Waals surface area contributed by atoms with Crippen molar-refractivity contribution in [3.05, 3.63) is 48.2 Å². The van der Waals surface area contributed by atoms with Gasteiger partial charge in [0.2, 0.25) is 5.88 Å². The van der Waals surface area contributed by atoms with Gasteiger partial charge in [0.05, 0.1) is 4.90 Å². The van der Waals surface area contributed by atoms with Gasteiger partial charge in [0.15, 0.2) is 9.84 Å². The molecule has 20 heavy (non-hydrogen) atoms. The summed E-state index contributed by atoms with van der Waals surface area (Å²) in [5.41, 5.74) is 6.61. The predicted molar refractivity (Wildman–Crippen MR) is 76.5 cm³/mol. The molecule has 0 aliphatic heterocycles. The van der Waals surface area contributed by atoms with Gasteiger partial charge in [-0.1, -0.05) is 12.1 Å². The highest BCUT2D eigenvalue weighted by molar-refractivity contribution is 7.90. The zero-order chi connectivity index (χ0) is 14.8. The highest BCUT2D eigenvalue weighted by Crippen LogP contribution is 2.27. The summed E-state index contributed by atoms with van der Waals surface area (Å²) in [5, 5.41) is 0. The molecule has 0 amide bonds. The quantitative estimate of drug-likeness (QED) is 0.935. The zero-order valence-electron chi connectivity index (χ0n) is 11.3. The number of ether oxygens (including phenoxy) is 1. The van der Waals surface area contributed by atoms with Gasteiger partial charge in [-0.3, -0.25) is 0 Å². The van der Waals surface area contributed by atoms with Crippen molar-refractivity contribution < 1.29 is 13.2 Å². The first-order valence-electron chi connectivity index (χ1n) is 6.06. The number of aromatic nitrogens is 1. The van der Waals surface area contributed by atoms with E-state index in [9.17, 15) is 8.42 Å². The number of pyridine rings is 1. The molecule has 2 rings (SSSR count). The molecule has 5 nitrogen and oxygen atoms in total. The van der Waals surface area contributed by atoms with Gasteiger partial charge in [-0.05, 0) is 31.2 Å². The van der Waals surface area contributed by atoms with Gasteiger partial charge in [-0.25, -0.2) is 13.4 Å². The van der Waals surface area contributed by atoms with Crippen molar-refractivity contribution in [1.29, 1.82) is 0 Å². The molecule has 6 heteroatoms. The van der Waals surface area contributed by atoms with Crippen LogP contribution in [-0.2, 0) is 9.84 Å². The van der Waals surface area contributed by atoms with Gasteiger partial charge < -0.3 is 10.5 Å². The Kier molecular flexibility index (Phi) is 4.06. The third-order valence-electron chi connectivity index (χ3n) is 2.74. The van der Waals surface area contributed by atoms with E-state index < -0.39 is 9.84 Å². The Morgan fingerprint density at radius 2 is 2.00 bits per heavy atom. The fraction of sp³-hybridized carbons (Fsp3) is 0.214. The second-order valence-electron chi connectivity index (χ2n) is 4.54. The highest BCUT2D eigenvalue weighted by atomic mass is 32.2. The fourth-order valence-corrected chi connectivity index (χ4v) is 2.37. The lowest BCUT2D eigenvalue weighted by Gasteiger charge is -2.12. The molecule has 0 unspecified atom stereocenters. The van der Waals surface area contributed by atoms with Gasteiger partial charge in [0.1, 0.15) is 5.75 Å². The lowest BCUT2D eigenvalue weighted by atomic mass is 10.1. The predicted octanol–water partition coefficient (Wildman–Crippen LogP) is 2.30. The molecule has 0 aliphatic rings. The van der Waals surface area contributed by atoms with E-state index in [1.54, 1.807) is 24.4 Å². The lowest BCUT2D eigenvalue weighted by Crippen LogP contribution is -2.07. The first-order valence-corrected chi connectivity index (χ1v) is 7.95. The van der Waals surface area contributed by atoms with Crippen molar-refractivity contribution >= 4 is 9.84 Å². The maximum Gasteiger partial charge on any atom is 0.223 e. The molecule has 2 N–H and O–H groups in total. The van der Waals surface area contributed by atoms with Crippen LogP contribution in [0.1, 0.15) is 18.5 Å². The van der Waals surface area contributed by atoms with Gasteiger partial charge in [-0.15, -0.1) is 0 Å². The van der Waals surface area contributed by atoms with Gasteiger partial charge in [-0.2, -0.15) is 0 Å². The Hall–Kier alpha value is -1.92. The molecule has 0 radical (unpaired) electrons. The summed E-state index contributed by atoms with van der Waals surface area (Å²) in [7, 11) is -3.27. The van der Waals surface area contributed by atoms with E-state index in [0.29, 0.717) is 11.6 Å². The number of sulfone groups is 1. The van der Waals surface area contributed by atoms with Crippen LogP contribution in [0.15, 0.2) is 47.5 Å². The smallest absolute Gasteiger partial charge is 0.223 e. The third kappa shape index (κ3) is 3.34. The first kappa shape index (κ1) is 14.5. The molecule has 0 saturated heterocycles. The Balaban J connectivity index is 2.36. The molecule has 0 spiro atoms. The standard InChI is InChI=1S/C14H16N2O3S/c1-10(15)13-7-4-8-16-14(13)19-11-5-3-6-12(9-11)20(2,17)18/h3-10H,15H2,1-2H3/t10-/m0/s1. The number of nitrogens with two attached hydrogens (primary N) is 1. The van der Waals surface area contributed by atoms with Crippen molar-refractivity contribution in [2.24, 2.45) is 5.73 Å². The van der Waals surface area contributed by atoms with Crippen LogP contribution in [0.4, 0.5) is 0 Å². The molecule has 0 fully saturated rings. The molecule has 1 atom stereocenters. The molecule has 1 aromatic heterocycles. The summed E-state index contributed by atoms with van der Waals surface area (Å²) in [6.45, 7) is 1.83. The molecule has 2 aromatic rings. The number of benzene rings is 1. The van der Waals surface area contributed by atoms with E-state index in [0.717, 1.165) is 11.8 Å². The van der Waals surface area contributed by atoms with E-state index in [2.05, 4.69) is 4.98 Å². The van der Waals surface area contributed by atoms with Crippen LogP contribution in [-0.4, -0.2) is 19.7 Å². The van der Waals surface area contributed by atoms with Crippen LogP contribution >= 0.6 is 0 Å². The summed E-state index contributed by atoms with van der Waals surface area (Å²) in [6.07, 6.45) is 2.75. The van der Waals surface area contributed by atoms with Crippen molar-refractivity contribution in [2.75, 3.05) is 6.26 Å². The Labute approximate surface area is 118 Å². The van der Waals surface area contributed by atoms with E-state index in [-0.39, 0.29) is 10.9 Å². The van der Waals surface area contributed by atoms with Crippen LogP contribution in [0, 0.1) is 0 Å². The lowest BCUT2D eigenvalue weighted by molar-refractivity contribution is 0.450. The highest BCUT2D eigenvalue weighted by Gasteiger charge is 2.12. The van der Waals surface area contributed by atoms with E-state index >= 15 is 0 Å². The second kappa shape index (κ2) is 5.60. The Morgan fingerprint density at radius 3 is 2.65 bits per heavy atom. The van der Waals surface area contributed by atoms with Crippen LogP contribution in [0.2, 0.25) is 0 Å². The van der Waals surface area contributed by atoms with Gasteiger partial charge >= 0.3 is 0 Å². The number of hydrogen-bond acceptors (Lipinski definition) is 5. The Bertz CT molecular complexity index is 712. The monoisotopic (exact) mass is 292 g/mol. The minimum atomic E-state index is -3.27. The fourth-order valence-electron chi connectivity index (χ4n) is 1.72. The average molecular weight is 292 g/mol. The first-order chi connectivity index (χ1) is 9.38. The van der Waals surface area contributed by atoms with Crippen LogP contribution in [0.25, 0.3) is 0 Å². The van der Waals surface area contributed by atoms with E-state index in [4.69, 9.17) is 10.5 Å². The molecule has 1 aromatic carbocycles. The van der Waals surface area contributed by atoms with Crippen molar-refractivity contribution in [2.45, 2.75) is 17.9 Å². The second-order valence-corrected chi connectivity index (χ2v) is 6.55. The largest absolute Gasteiger partial charge is 0.439 e. The minimum Gasteiger partial charge on any atom is -0.439 e. The molecule has 0 aliphatic carbocycles. The number of rotatable bonds is 4. The average Bonchev–Trinajstić information content (AvgIpc) is 2.38. The maximum atomic E-state index is 11.5. The molecule has 1 heterocycles.